The highest BCUT2D eigenvalue weighted by atomic mass is 16.5. The number of rotatable bonds is 6. The van der Waals surface area contributed by atoms with Crippen LogP contribution in [0.4, 0.5) is 5.69 Å². The molecule has 3 rings (SSSR count). The molecule has 0 saturated carbocycles. The van der Waals surface area contributed by atoms with Crippen molar-refractivity contribution >= 4 is 17.5 Å². The molecule has 2 aromatic rings. The maximum atomic E-state index is 13.2. The third-order valence-corrected chi connectivity index (χ3v) is 5.25. The standard InChI is InChI=1S/C23H28N2O3/c1-4-16-11-13-17(14-12-16)23(27)25-15-21(22(26)24-18(5-2)6-3)28-20-10-8-7-9-19(20)25/h7-14,18,21H,4-6,15H2,1-3H3,(H,24,26). The van der Waals surface area contributed by atoms with Crippen LogP contribution in [-0.4, -0.2) is 30.5 Å². The molecule has 5 heteroatoms. The Hall–Kier alpha value is -2.82. The highest BCUT2D eigenvalue weighted by Crippen LogP contribution is 2.34. The van der Waals surface area contributed by atoms with Gasteiger partial charge in [-0.3, -0.25) is 9.59 Å². The van der Waals surface area contributed by atoms with Crippen molar-refractivity contribution in [2.45, 2.75) is 52.2 Å². The van der Waals surface area contributed by atoms with Crippen molar-refractivity contribution in [3.63, 3.8) is 0 Å². The first-order valence-corrected chi connectivity index (χ1v) is 10.0. The zero-order valence-corrected chi connectivity index (χ0v) is 16.8. The molecule has 0 aliphatic carbocycles. The van der Waals surface area contributed by atoms with E-state index in [1.54, 1.807) is 11.0 Å². The molecule has 2 amide bonds. The summed E-state index contributed by atoms with van der Waals surface area (Å²) in [6.07, 6.45) is 1.91. The summed E-state index contributed by atoms with van der Waals surface area (Å²) >= 11 is 0. The van der Waals surface area contributed by atoms with Crippen LogP contribution in [0.5, 0.6) is 5.75 Å². The van der Waals surface area contributed by atoms with Gasteiger partial charge in [0.25, 0.3) is 11.8 Å². The number of anilines is 1. The fourth-order valence-corrected chi connectivity index (χ4v) is 3.39. The first-order chi connectivity index (χ1) is 13.6. The molecule has 0 aromatic heterocycles. The Bertz CT molecular complexity index is 828. The average Bonchev–Trinajstić information content (AvgIpc) is 2.76. The van der Waals surface area contributed by atoms with E-state index in [9.17, 15) is 9.59 Å². The van der Waals surface area contributed by atoms with Gasteiger partial charge in [0.2, 0.25) is 0 Å². The van der Waals surface area contributed by atoms with Crippen molar-refractivity contribution in [3.05, 3.63) is 59.7 Å². The molecule has 148 valence electrons. The van der Waals surface area contributed by atoms with Crippen molar-refractivity contribution in [2.24, 2.45) is 0 Å². The molecule has 1 aliphatic rings. The van der Waals surface area contributed by atoms with Crippen molar-refractivity contribution in [1.82, 2.24) is 5.32 Å². The Morgan fingerprint density at radius 3 is 2.39 bits per heavy atom. The predicted molar refractivity (Wildman–Crippen MR) is 111 cm³/mol. The molecular weight excluding hydrogens is 352 g/mol. The molecule has 1 N–H and O–H groups in total. The maximum Gasteiger partial charge on any atom is 0.263 e. The van der Waals surface area contributed by atoms with Gasteiger partial charge in [-0.05, 0) is 49.1 Å². The minimum Gasteiger partial charge on any atom is -0.477 e. The van der Waals surface area contributed by atoms with Gasteiger partial charge in [0.15, 0.2) is 6.10 Å². The van der Waals surface area contributed by atoms with Crippen molar-refractivity contribution in [1.29, 1.82) is 0 Å². The number of hydrogen-bond acceptors (Lipinski definition) is 3. The predicted octanol–water partition coefficient (Wildman–Crippen LogP) is 3.96. The molecule has 1 heterocycles. The third kappa shape index (κ3) is 4.19. The second-order valence-electron chi connectivity index (χ2n) is 7.06. The van der Waals surface area contributed by atoms with Crippen molar-refractivity contribution in [2.75, 3.05) is 11.4 Å². The second-order valence-corrected chi connectivity index (χ2v) is 7.06. The molecule has 1 unspecified atom stereocenters. The summed E-state index contributed by atoms with van der Waals surface area (Å²) in [5, 5.41) is 3.03. The van der Waals surface area contributed by atoms with Gasteiger partial charge in [0, 0.05) is 11.6 Å². The first kappa shape index (κ1) is 19.9. The minimum absolute atomic E-state index is 0.110. The number of amides is 2. The van der Waals surface area contributed by atoms with Crippen LogP contribution in [0.1, 0.15) is 49.5 Å². The molecule has 0 saturated heterocycles. The summed E-state index contributed by atoms with van der Waals surface area (Å²) in [6.45, 7) is 6.36. The fourth-order valence-electron chi connectivity index (χ4n) is 3.39. The van der Waals surface area contributed by atoms with Gasteiger partial charge in [-0.25, -0.2) is 0 Å². The van der Waals surface area contributed by atoms with Gasteiger partial charge in [-0.15, -0.1) is 0 Å². The fraction of sp³-hybridized carbons (Fsp3) is 0.391. The largest absolute Gasteiger partial charge is 0.477 e. The molecule has 5 nitrogen and oxygen atoms in total. The van der Waals surface area contributed by atoms with E-state index in [1.807, 2.05) is 56.3 Å². The lowest BCUT2D eigenvalue weighted by molar-refractivity contribution is -0.128. The van der Waals surface area contributed by atoms with E-state index in [2.05, 4.69) is 12.2 Å². The Morgan fingerprint density at radius 2 is 1.75 bits per heavy atom. The number of nitrogens with one attached hydrogen (secondary N) is 1. The zero-order chi connectivity index (χ0) is 20.1. The number of benzene rings is 2. The smallest absolute Gasteiger partial charge is 0.263 e. The Morgan fingerprint density at radius 1 is 1.07 bits per heavy atom. The number of carbonyl (C=O) groups excluding carboxylic acids is 2. The topological polar surface area (TPSA) is 58.6 Å². The van der Waals surface area contributed by atoms with E-state index in [1.165, 1.54) is 5.56 Å². The molecule has 0 bridgehead atoms. The van der Waals surface area contributed by atoms with Gasteiger partial charge in [0.05, 0.1) is 12.2 Å². The lowest BCUT2D eigenvalue weighted by Gasteiger charge is -2.34. The van der Waals surface area contributed by atoms with E-state index in [0.717, 1.165) is 19.3 Å². The number of carbonyl (C=O) groups is 2. The van der Waals surface area contributed by atoms with Crippen molar-refractivity contribution in [3.8, 4) is 5.75 Å². The van der Waals surface area contributed by atoms with Gasteiger partial charge >= 0.3 is 0 Å². The van der Waals surface area contributed by atoms with Crippen LogP contribution in [0.15, 0.2) is 48.5 Å². The van der Waals surface area contributed by atoms with Gasteiger partial charge in [-0.2, -0.15) is 0 Å². The van der Waals surface area contributed by atoms with Crippen LogP contribution in [0.25, 0.3) is 0 Å². The Labute approximate surface area is 166 Å². The molecule has 0 spiro atoms. The van der Waals surface area contributed by atoms with E-state index in [-0.39, 0.29) is 24.4 Å². The van der Waals surface area contributed by atoms with Crippen LogP contribution in [0, 0.1) is 0 Å². The SMILES string of the molecule is CCc1ccc(C(=O)N2CC(C(=O)NC(CC)CC)Oc3ccccc32)cc1. The summed E-state index contributed by atoms with van der Waals surface area (Å²) in [4.78, 5) is 27.6. The van der Waals surface area contributed by atoms with E-state index in [4.69, 9.17) is 4.74 Å². The zero-order valence-electron chi connectivity index (χ0n) is 16.8. The number of ether oxygens (including phenoxy) is 1. The molecule has 0 fully saturated rings. The monoisotopic (exact) mass is 380 g/mol. The lowest BCUT2D eigenvalue weighted by Crippen LogP contribution is -2.52. The molecule has 2 aromatic carbocycles. The van der Waals surface area contributed by atoms with Crippen LogP contribution < -0.4 is 15.0 Å². The summed E-state index contributed by atoms with van der Waals surface area (Å²) in [6, 6.07) is 15.1. The molecule has 1 aliphatic heterocycles. The van der Waals surface area contributed by atoms with E-state index >= 15 is 0 Å². The van der Waals surface area contributed by atoms with Gasteiger partial charge < -0.3 is 15.0 Å². The number of aryl methyl sites for hydroxylation is 1. The number of nitrogens with zero attached hydrogens (tertiary/aromatic N) is 1. The molecule has 0 radical (unpaired) electrons. The second kappa shape index (κ2) is 8.91. The van der Waals surface area contributed by atoms with Gasteiger partial charge in [0.1, 0.15) is 5.75 Å². The summed E-state index contributed by atoms with van der Waals surface area (Å²) in [7, 11) is 0. The van der Waals surface area contributed by atoms with Crippen LogP contribution in [-0.2, 0) is 11.2 Å². The number of para-hydroxylation sites is 2. The van der Waals surface area contributed by atoms with Gasteiger partial charge in [-0.1, -0.05) is 45.0 Å². The molecule has 1 atom stereocenters. The van der Waals surface area contributed by atoms with Crippen LogP contribution >= 0.6 is 0 Å². The highest BCUT2D eigenvalue weighted by molar-refractivity contribution is 6.07. The molecule has 28 heavy (non-hydrogen) atoms. The van der Waals surface area contributed by atoms with Crippen LogP contribution in [0.3, 0.4) is 0 Å². The van der Waals surface area contributed by atoms with E-state index in [0.29, 0.717) is 17.0 Å². The minimum atomic E-state index is -0.727. The summed E-state index contributed by atoms with van der Waals surface area (Å²) in [5.41, 5.74) is 2.48. The first-order valence-electron chi connectivity index (χ1n) is 10.0. The summed E-state index contributed by atoms with van der Waals surface area (Å²) in [5.74, 6) is 0.248. The average molecular weight is 380 g/mol. The summed E-state index contributed by atoms with van der Waals surface area (Å²) < 4.78 is 5.93. The van der Waals surface area contributed by atoms with Crippen molar-refractivity contribution < 1.29 is 14.3 Å². The Balaban J connectivity index is 1.86. The van der Waals surface area contributed by atoms with E-state index < -0.39 is 6.10 Å². The number of fused-ring (bicyclic) bond motifs is 1. The normalized spacial score (nSPS) is 15.7. The van der Waals surface area contributed by atoms with Crippen LogP contribution in [0.2, 0.25) is 0 Å². The Kier molecular flexibility index (Phi) is 6.34. The quantitative estimate of drug-likeness (QED) is 0.825. The molecular formula is C23H28N2O3. The third-order valence-electron chi connectivity index (χ3n) is 5.25. The maximum absolute atomic E-state index is 13.2. The lowest BCUT2D eigenvalue weighted by atomic mass is 10.1. The number of hydrogen-bond donors (Lipinski definition) is 1. The highest BCUT2D eigenvalue weighted by Gasteiger charge is 2.34.